The Labute approximate surface area is 177 Å². The number of hydrogen-bond donors (Lipinski definition) is 1. The van der Waals surface area contributed by atoms with Crippen molar-refractivity contribution in [2.45, 2.75) is 76.5 Å². The van der Waals surface area contributed by atoms with Crippen LogP contribution < -0.4 is 0 Å². The molecule has 1 N–H and O–H groups in total. The summed E-state index contributed by atoms with van der Waals surface area (Å²) < 4.78 is 0. The van der Waals surface area contributed by atoms with Gasteiger partial charge in [0.25, 0.3) is 0 Å². The van der Waals surface area contributed by atoms with E-state index in [0.717, 1.165) is 12.1 Å². The standard InChI is InChI=1S/C25H35NO.ClH/c1-2-3-4-11-18-23-19-12-13-20-26(23)24(21-14-7-5-8-15-21)25(27)22-16-9-6-10-17-22;/h5-10,14-17,23-25,27H,2-4,11-13,18-20H2,1H3;1H. The lowest BCUT2D eigenvalue weighted by Crippen LogP contribution is -2.44. The molecule has 1 aliphatic rings. The zero-order valence-corrected chi connectivity index (χ0v) is 18.0. The highest BCUT2D eigenvalue weighted by Gasteiger charge is 2.34. The lowest BCUT2D eigenvalue weighted by Gasteiger charge is -2.43. The van der Waals surface area contributed by atoms with E-state index in [9.17, 15) is 5.11 Å². The van der Waals surface area contributed by atoms with Gasteiger partial charge < -0.3 is 5.11 Å². The summed E-state index contributed by atoms with van der Waals surface area (Å²) >= 11 is 0. The molecule has 0 bridgehead atoms. The summed E-state index contributed by atoms with van der Waals surface area (Å²) in [6.45, 7) is 3.36. The van der Waals surface area contributed by atoms with Gasteiger partial charge in [0.05, 0.1) is 12.1 Å². The van der Waals surface area contributed by atoms with Crippen LogP contribution in [-0.4, -0.2) is 22.6 Å². The third-order valence-electron chi connectivity index (χ3n) is 6.00. The maximum atomic E-state index is 11.4. The highest BCUT2D eigenvalue weighted by atomic mass is 35.5. The van der Waals surface area contributed by atoms with Crippen molar-refractivity contribution in [3.63, 3.8) is 0 Å². The van der Waals surface area contributed by atoms with E-state index in [1.54, 1.807) is 0 Å². The molecular formula is C25H36ClNO. The predicted octanol–water partition coefficient (Wildman–Crippen LogP) is 6.71. The molecule has 0 amide bonds. The Balaban J connectivity index is 0.00000280. The summed E-state index contributed by atoms with van der Waals surface area (Å²) in [5.41, 5.74) is 2.25. The number of hydrogen-bond acceptors (Lipinski definition) is 2. The first-order valence-corrected chi connectivity index (χ1v) is 10.8. The van der Waals surface area contributed by atoms with Gasteiger partial charge in [0.1, 0.15) is 0 Å². The van der Waals surface area contributed by atoms with Gasteiger partial charge in [-0.2, -0.15) is 0 Å². The molecule has 3 rings (SSSR count). The minimum Gasteiger partial charge on any atom is -0.386 e. The molecule has 0 spiro atoms. The maximum Gasteiger partial charge on any atom is 0.0986 e. The summed E-state index contributed by atoms with van der Waals surface area (Å²) in [6, 6.07) is 21.4. The largest absolute Gasteiger partial charge is 0.386 e. The average Bonchev–Trinajstić information content (AvgIpc) is 2.74. The second-order valence-corrected chi connectivity index (χ2v) is 7.95. The first-order chi connectivity index (χ1) is 13.3. The fraction of sp³-hybridized carbons (Fsp3) is 0.520. The highest BCUT2D eigenvalue weighted by molar-refractivity contribution is 5.85. The van der Waals surface area contributed by atoms with Crippen LogP contribution in [0.15, 0.2) is 60.7 Å². The van der Waals surface area contributed by atoms with Crippen LogP contribution in [0.4, 0.5) is 0 Å². The van der Waals surface area contributed by atoms with Crippen LogP contribution in [0.3, 0.4) is 0 Å². The second-order valence-electron chi connectivity index (χ2n) is 7.95. The summed E-state index contributed by atoms with van der Waals surface area (Å²) in [4.78, 5) is 2.61. The number of likely N-dealkylation sites (tertiary alicyclic amines) is 1. The van der Waals surface area contributed by atoms with Crippen molar-refractivity contribution < 1.29 is 5.11 Å². The zero-order valence-electron chi connectivity index (χ0n) is 17.2. The van der Waals surface area contributed by atoms with E-state index in [0.29, 0.717) is 6.04 Å². The Morgan fingerprint density at radius 2 is 1.54 bits per heavy atom. The van der Waals surface area contributed by atoms with E-state index >= 15 is 0 Å². The molecule has 3 atom stereocenters. The van der Waals surface area contributed by atoms with Gasteiger partial charge in [-0.3, -0.25) is 4.90 Å². The van der Waals surface area contributed by atoms with Crippen LogP contribution >= 0.6 is 12.4 Å². The molecule has 0 saturated carbocycles. The molecule has 28 heavy (non-hydrogen) atoms. The number of rotatable bonds is 9. The minimum absolute atomic E-state index is 0. The normalized spacial score (nSPS) is 19.6. The quantitative estimate of drug-likeness (QED) is 0.472. The Hall–Kier alpha value is -1.35. The van der Waals surface area contributed by atoms with Crippen LogP contribution in [0.25, 0.3) is 0 Å². The number of nitrogens with zero attached hydrogens (tertiary/aromatic N) is 1. The van der Waals surface area contributed by atoms with Crippen molar-refractivity contribution in [3.05, 3.63) is 71.8 Å². The summed E-state index contributed by atoms with van der Waals surface area (Å²) in [6.07, 6.45) is 9.83. The Morgan fingerprint density at radius 1 is 0.893 bits per heavy atom. The van der Waals surface area contributed by atoms with E-state index in [1.165, 1.54) is 56.9 Å². The molecular weight excluding hydrogens is 366 g/mol. The van der Waals surface area contributed by atoms with Crippen molar-refractivity contribution >= 4 is 12.4 Å². The number of aliphatic hydroxyl groups excluding tert-OH is 1. The lowest BCUT2D eigenvalue weighted by molar-refractivity contribution is 0.00158. The summed E-state index contributed by atoms with van der Waals surface area (Å²) in [5, 5.41) is 11.4. The van der Waals surface area contributed by atoms with Crippen molar-refractivity contribution in [2.24, 2.45) is 0 Å². The van der Waals surface area contributed by atoms with Crippen LogP contribution in [0, 0.1) is 0 Å². The molecule has 2 nitrogen and oxygen atoms in total. The molecule has 154 valence electrons. The summed E-state index contributed by atoms with van der Waals surface area (Å²) in [5.74, 6) is 0. The topological polar surface area (TPSA) is 23.5 Å². The predicted molar refractivity (Wildman–Crippen MR) is 121 cm³/mol. The number of halogens is 1. The van der Waals surface area contributed by atoms with Crippen LogP contribution in [0.1, 0.15) is 81.6 Å². The Morgan fingerprint density at radius 3 is 2.18 bits per heavy atom. The molecule has 1 saturated heterocycles. The fourth-order valence-corrected chi connectivity index (χ4v) is 4.54. The van der Waals surface area contributed by atoms with E-state index < -0.39 is 6.10 Å². The van der Waals surface area contributed by atoms with Gasteiger partial charge in [0, 0.05) is 6.04 Å². The van der Waals surface area contributed by atoms with Gasteiger partial charge in [-0.25, -0.2) is 0 Å². The number of benzene rings is 2. The van der Waals surface area contributed by atoms with Crippen LogP contribution in [0.2, 0.25) is 0 Å². The molecule has 2 aromatic rings. The van der Waals surface area contributed by atoms with E-state index in [4.69, 9.17) is 0 Å². The average molecular weight is 402 g/mol. The molecule has 0 aliphatic carbocycles. The van der Waals surface area contributed by atoms with Gasteiger partial charge in [-0.05, 0) is 36.9 Å². The van der Waals surface area contributed by atoms with Gasteiger partial charge in [-0.1, -0.05) is 99.7 Å². The molecule has 2 aromatic carbocycles. The maximum absolute atomic E-state index is 11.4. The van der Waals surface area contributed by atoms with Gasteiger partial charge >= 0.3 is 0 Å². The highest BCUT2D eigenvalue weighted by Crippen LogP contribution is 2.39. The van der Waals surface area contributed by atoms with Gasteiger partial charge in [0.15, 0.2) is 0 Å². The third kappa shape index (κ3) is 6.07. The van der Waals surface area contributed by atoms with E-state index in [2.05, 4.69) is 54.3 Å². The van der Waals surface area contributed by atoms with Gasteiger partial charge in [0.2, 0.25) is 0 Å². The van der Waals surface area contributed by atoms with Crippen molar-refractivity contribution in [1.29, 1.82) is 0 Å². The Bertz CT molecular complexity index is 648. The molecule has 1 fully saturated rings. The SMILES string of the molecule is CCCCCCC1CCCCN1C(c1ccccc1)C(O)c1ccccc1.Cl. The Kier molecular flexibility index (Phi) is 10.0. The first kappa shape index (κ1) is 22.9. The van der Waals surface area contributed by atoms with E-state index in [-0.39, 0.29) is 18.4 Å². The van der Waals surface area contributed by atoms with Crippen LogP contribution in [-0.2, 0) is 0 Å². The number of aliphatic hydroxyl groups is 1. The summed E-state index contributed by atoms with van der Waals surface area (Å²) in [7, 11) is 0. The molecule has 0 aromatic heterocycles. The minimum atomic E-state index is -0.496. The van der Waals surface area contributed by atoms with Crippen LogP contribution in [0.5, 0.6) is 0 Å². The van der Waals surface area contributed by atoms with Gasteiger partial charge in [-0.15, -0.1) is 12.4 Å². The van der Waals surface area contributed by atoms with Crippen molar-refractivity contribution in [1.82, 2.24) is 4.90 Å². The number of unbranched alkanes of at least 4 members (excludes halogenated alkanes) is 3. The van der Waals surface area contributed by atoms with Crippen molar-refractivity contribution in [2.75, 3.05) is 6.54 Å². The zero-order chi connectivity index (χ0) is 18.9. The smallest absolute Gasteiger partial charge is 0.0986 e. The number of piperidine rings is 1. The monoisotopic (exact) mass is 401 g/mol. The third-order valence-corrected chi connectivity index (χ3v) is 6.00. The molecule has 0 radical (unpaired) electrons. The molecule has 1 aliphatic heterocycles. The second kappa shape index (κ2) is 12.3. The molecule has 1 heterocycles. The van der Waals surface area contributed by atoms with Crippen molar-refractivity contribution in [3.8, 4) is 0 Å². The molecule has 3 unspecified atom stereocenters. The molecule has 3 heteroatoms. The first-order valence-electron chi connectivity index (χ1n) is 10.8. The van der Waals surface area contributed by atoms with E-state index in [1.807, 2.05) is 18.2 Å². The lowest BCUT2D eigenvalue weighted by atomic mass is 9.88. The fourth-order valence-electron chi connectivity index (χ4n) is 4.54.